The molecule has 1 aliphatic rings. The summed E-state index contributed by atoms with van der Waals surface area (Å²) < 4.78 is 0. The molecule has 0 aromatic rings. The largest absolute Gasteiger partial charge is 0.326 e. The van der Waals surface area contributed by atoms with E-state index in [0.717, 1.165) is 5.92 Å². The van der Waals surface area contributed by atoms with Crippen molar-refractivity contribution in [3.8, 4) is 0 Å². The highest BCUT2D eigenvalue weighted by molar-refractivity contribution is 4.72. The highest BCUT2D eigenvalue weighted by atomic mass is 14.7. The van der Waals surface area contributed by atoms with Gasteiger partial charge in [0, 0.05) is 5.54 Å². The molecule has 78 valence electrons. The summed E-state index contributed by atoms with van der Waals surface area (Å²) >= 11 is 0. The van der Waals surface area contributed by atoms with Gasteiger partial charge in [0.15, 0.2) is 0 Å². The maximum absolute atomic E-state index is 5.93. The lowest BCUT2D eigenvalue weighted by Gasteiger charge is -2.18. The van der Waals surface area contributed by atoms with Crippen molar-refractivity contribution in [1.82, 2.24) is 0 Å². The Hall–Kier alpha value is -0.0400. The molecule has 1 nitrogen and oxygen atoms in total. The normalized spacial score (nSPS) is 19.6. The molecule has 1 heteroatoms. The Kier molecular flexibility index (Phi) is 4.24. The Morgan fingerprint density at radius 3 is 2.31 bits per heavy atom. The monoisotopic (exact) mass is 183 g/mol. The molecule has 0 heterocycles. The van der Waals surface area contributed by atoms with E-state index in [4.69, 9.17) is 5.73 Å². The van der Waals surface area contributed by atoms with E-state index < -0.39 is 0 Å². The smallest absolute Gasteiger partial charge is 0.00970 e. The minimum absolute atomic E-state index is 0.0513. The first-order valence-electron chi connectivity index (χ1n) is 5.87. The molecule has 13 heavy (non-hydrogen) atoms. The number of hydrogen-bond acceptors (Lipinski definition) is 1. The van der Waals surface area contributed by atoms with E-state index in [9.17, 15) is 0 Å². The van der Waals surface area contributed by atoms with Crippen molar-refractivity contribution in [3.05, 3.63) is 0 Å². The molecular formula is C12H25N. The Labute approximate surface area is 83.1 Å². The molecule has 1 fully saturated rings. The van der Waals surface area contributed by atoms with Crippen molar-refractivity contribution in [2.45, 2.75) is 70.8 Å². The van der Waals surface area contributed by atoms with E-state index in [1.165, 1.54) is 51.4 Å². The quantitative estimate of drug-likeness (QED) is 0.649. The fourth-order valence-electron chi connectivity index (χ4n) is 2.31. The molecule has 0 aromatic carbocycles. The standard InChI is InChI=1S/C12H25N/c1-12(2,13)10-6-5-9-11-7-3-4-8-11/h11H,3-10,13H2,1-2H3. The highest BCUT2D eigenvalue weighted by Crippen LogP contribution is 2.29. The molecule has 1 aliphatic carbocycles. The van der Waals surface area contributed by atoms with Crippen LogP contribution in [-0.2, 0) is 0 Å². The number of rotatable bonds is 5. The van der Waals surface area contributed by atoms with E-state index in [1.807, 2.05) is 0 Å². The molecule has 0 radical (unpaired) electrons. The molecule has 0 aliphatic heterocycles. The van der Waals surface area contributed by atoms with Gasteiger partial charge in [-0.3, -0.25) is 0 Å². The number of nitrogens with two attached hydrogens (primary N) is 1. The minimum atomic E-state index is 0.0513. The molecule has 0 amide bonds. The van der Waals surface area contributed by atoms with E-state index >= 15 is 0 Å². The van der Waals surface area contributed by atoms with E-state index in [-0.39, 0.29) is 5.54 Å². The average Bonchev–Trinajstić information content (AvgIpc) is 2.48. The van der Waals surface area contributed by atoms with Gasteiger partial charge in [-0.2, -0.15) is 0 Å². The van der Waals surface area contributed by atoms with Crippen molar-refractivity contribution in [2.75, 3.05) is 0 Å². The van der Waals surface area contributed by atoms with Crippen LogP contribution in [0.1, 0.15) is 65.2 Å². The van der Waals surface area contributed by atoms with E-state index in [1.54, 1.807) is 0 Å². The zero-order chi connectivity index (χ0) is 9.73. The maximum Gasteiger partial charge on any atom is 0.00970 e. The minimum Gasteiger partial charge on any atom is -0.326 e. The van der Waals surface area contributed by atoms with Crippen molar-refractivity contribution in [1.29, 1.82) is 0 Å². The summed E-state index contributed by atoms with van der Waals surface area (Å²) in [6.07, 6.45) is 11.3. The van der Waals surface area contributed by atoms with Gasteiger partial charge in [0.25, 0.3) is 0 Å². The number of hydrogen-bond donors (Lipinski definition) is 1. The van der Waals surface area contributed by atoms with Crippen LogP contribution < -0.4 is 5.73 Å². The van der Waals surface area contributed by atoms with Crippen molar-refractivity contribution in [2.24, 2.45) is 11.7 Å². The molecule has 0 spiro atoms. The third-order valence-electron chi connectivity index (χ3n) is 3.16. The molecule has 0 unspecified atom stereocenters. The molecular weight excluding hydrogens is 158 g/mol. The lowest BCUT2D eigenvalue weighted by Crippen LogP contribution is -2.31. The van der Waals surface area contributed by atoms with Gasteiger partial charge in [0.2, 0.25) is 0 Å². The summed E-state index contributed by atoms with van der Waals surface area (Å²) in [4.78, 5) is 0. The summed E-state index contributed by atoms with van der Waals surface area (Å²) in [6, 6.07) is 0. The van der Waals surface area contributed by atoms with Gasteiger partial charge in [-0.25, -0.2) is 0 Å². The highest BCUT2D eigenvalue weighted by Gasteiger charge is 2.15. The van der Waals surface area contributed by atoms with Crippen molar-refractivity contribution < 1.29 is 0 Å². The zero-order valence-electron chi connectivity index (χ0n) is 9.31. The molecule has 1 saturated carbocycles. The summed E-state index contributed by atoms with van der Waals surface area (Å²) in [6.45, 7) is 4.26. The molecule has 0 bridgehead atoms. The van der Waals surface area contributed by atoms with Crippen LogP contribution in [0.3, 0.4) is 0 Å². The Balaban J connectivity index is 1.94. The van der Waals surface area contributed by atoms with Crippen LogP contribution in [0.2, 0.25) is 0 Å². The van der Waals surface area contributed by atoms with Crippen LogP contribution >= 0.6 is 0 Å². The SMILES string of the molecule is CC(C)(N)CCCCC1CCCC1. The second kappa shape index (κ2) is 4.99. The molecule has 0 saturated heterocycles. The fraction of sp³-hybridized carbons (Fsp3) is 1.00. The Morgan fingerprint density at radius 2 is 1.77 bits per heavy atom. The predicted octanol–water partition coefficient (Wildman–Crippen LogP) is 3.47. The van der Waals surface area contributed by atoms with E-state index in [2.05, 4.69) is 13.8 Å². The van der Waals surface area contributed by atoms with Gasteiger partial charge in [-0.1, -0.05) is 44.9 Å². The van der Waals surface area contributed by atoms with Crippen LogP contribution in [0, 0.1) is 5.92 Å². The van der Waals surface area contributed by atoms with Crippen LogP contribution in [0.4, 0.5) is 0 Å². The summed E-state index contributed by atoms with van der Waals surface area (Å²) in [5, 5.41) is 0. The summed E-state index contributed by atoms with van der Waals surface area (Å²) in [5.41, 5.74) is 5.98. The maximum atomic E-state index is 5.93. The van der Waals surface area contributed by atoms with Gasteiger partial charge < -0.3 is 5.73 Å². The van der Waals surface area contributed by atoms with Gasteiger partial charge in [-0.05, 0) is 26.2 Å². The van der Waals surface area contributed by atoms with Crippen LogP contribution in [-0.4, -0.2) is 5.54 Å². The molecule has 0 atom stereocenters. The topological polar surface area (TPSA) is 26.0 Å². The average molecular weight is 183 g/mol. The fourth-order valence-corrected chi connectivity index (χ4v) is 2.31. The lowest BCUT2D eigenvalue weighted by molar-refractivity contribution is 0.413. The van der Waals surface area contributed by atoms with Crippen LogP contribution in [0.5, 0.6) is 0 Å². The first-order chi connectivity index (χ1) is 6.08. The predicted molar refractivity (Wildman–Crippen MR) is 58.7 cm³/mol. The molecule has 2 N–H and O–H groups in total. The van der Waals surface area contributed by atoms with Gasteiger partial charge >= 0.3 is 0 Å². The molecule has 1 rings (SSSR count). The van der Waals surface area contributed by atoms with E-state index in [0.29, 0.717) is 0 Å². The molecule has 0 aromatic heterocycles. The third-order valence-corrected chi connectivity index (χ3v) is 3.16. The Bertz CT molecular complexity index is 129. The van der Waals surface area contributed by atoms with Crippen LogP contribution in [0.25, 0.3) is 0 Å². The zero-order valence-corrected chi connectivity index (χ0v) is 9.31. The third kappa shape index (κ3) is 5.30. The van der Waals surface area contributed by atoms with Crippen molar-refractivity contribution in [3.63, 3.8) is 0 Å². The van der Waals surface area contributed by atoms with Gasteiger partial charge in [0.05, 0.1) is 0 Å². The first-order valence-corrected chi connectivity index (χ1v) is 5.87. The first kappa shape index (κ1) is 11.0. The lowest BCUT2D eigenvalue weighted by atomic mass is 9.94. The van der Waals surface area contributed by atoms with Crippen LogP contribution in [0.15, 0.2) is 0 Å². The van der Waals surface area contributed by atoms with Gasteiger partial charge in [-0.15, -0.1) is 0 Å². The number of unbranched alkanes of at least 4 members (excludes halogenated alkanes) is 1. The summed E-state index contributed by atoms with van der Waals surface area (Å²) in [5.74, 6) is 1.06. The van der Waals surface area contributed by atoms with Crippen molar-refractivity contribution >= 4 is 0 Å². The summed E-state index contributed by atoms with van der Waals surface area (Å²) in [7, 11) is 0. The van der Waals surface area contributed by atoms with Gasteiger partial charge in [0.1, 0.15) is 0 Å². The Morgan fingerprint density at radius 1 is 1.15 bits per heavy atom. The second-order valence-electron chi connectivity index (χ2n) is 5.38. The second-order valence-corrected chi connectivity index (χ2v) is 5.38.